The number of aromatic hydroxyl groups is 2. The molecule has 0 heterocycles. The van der Waals surface area contributed by atoms with E-state index in [9.17, 15) is 14.3 Å². The van der Waals surface area contributed by atoms with E-state index < -0.39 is 23.1 Å². The highest BCUT2D eigenvalue weighted by Gasteiger charge is 2.17. The Morgan fingerprint density at radius 1 is 1.46 bits per heavy atom. The molecule has 5 heteroatoms. The van der Waals surface area contributed by atoms with Crippen LogP contribution in [0, 0.1) is 5.82 Å². The van der Waals surface area contributed by atoms with E-state index in [4.69, 9.17) is 5.11 Å². The van der Waals surface area contributed by atoms with Crippen molar-refractivity contribution in [2.24, 2.45) is 0 Å². The average Bonchev–Trinajstić information content (AvgIpc) is 2.07. The van der Waals surface area contributed by atoms with Crippen LogP contribution in [0.2, 0.25) is 0 Å². The van der Waals surface area contributed by atoms with Crippen LogP contribution in [-0.2, 0) is 0 Å². The Bertz CT molecular complexity index is 376. The van der Waals surface area contributed by atoms with Crippen LogP contribution in [-0.4, -0.2) is 16.0 Å². The third-order valence-corrected chi connectivity index (χ3v) is 2.30. The van der Waals surface area contributed by atoms with Gasteiger partial charge in [-0.1, -0.05) is 0 Å². The van der Waals surface area contributed by atoms with Gasteiger partial charge in [-0.05, 0) is 28.9 Å². The van der Waals surface area contributed by atoms with Gasteiger partial charge in [0.05, 0.1) is 5.56 Å². The quantitative estimate of drug-likeness (QED) is 0.750. The van der Waals surface area contributed by atoms with Crippen molar-refractivity contribution >= 4 is 21.7 Å². The summed E-state index contributed by atoms with van der Waals surface area (Å²) in [6.45, 7) is 1.19. The number of halogens is 2. The number of rotatable bonds is 1. The minimum Gasteiger partial charge on any atom is -0.506 e. The number of hydrogen-bond acceptors (Lipinski definition) is 3. The van der Waals surface area contributed by atoms with Crippen LogP contribution in [0.25, 0.3) is 0 Å². The van der Waals surface area contributed by atoms with Crippen molar-refractivity contribution in [1.82, 2.24) is 0 Å². The molecule has 2 N–H and O–H groups in total. The number of carbonyl (C=O) groups excluding carboxylic acids is 1. The second-order valence-electron chi connectivity index (χ2n) is 2.47. The lowest BCUT2D eigenvalue weighted by Gasteiger charge is -2.05. The molecule has 70 valence electrons. The highest BCUT2D eigenvalue weighted by molar-refractivity contribution is 9.10. The Labute approximate surface area is 81.9 Å². The van der Waals surface area contributed by atoms with Crippen LogP contribution in [0.3, 0.4) is 0 Å². The zero-order chi connectivity index (χ0) is 10.2. The fourth-order valence-corrected chi connectivity index (χ4v) is 1.27. The van der Waals surface area contributed by atoms with E-state index in [-0.39, 0.29) is 10.0 Å². The van der Waals surface area contributed by atoms with Gasteiger partial charge in [0.25, 0.3) is 0 Å². The van der Waals surface area contributed by atoms with E-state index in [0.29, 0.717) is 0 Å². The molecule has 0 aliphatic rings. The maximum Gasteiger partial charge on any atom is 0.169 e. The molecule has 0 radical (unpaired) electrons. The molecule has 0 aliphatic carbocycles. The van der Waals surface area contributed by atoms with Crippen molar-refractivity contribution in [3.8, 4) is 11.5 Å². The van der Waals surface area contributed by atoms with E-state index in [2.05, 4.69) is 15.9 Å². The molecule has 0 fully saturated rings. The van der Waals surface area contributed by atoms with Gasteiger partial charge in [-0.3, -0.25) is 4.79 Å². The third kappa shape index (κ3) is 1.65. The summed E-state index contributed by atoms with van der Waals surface area (Å²) in [7, 11) is 0. The Morgan fingerprint density at radius 2 is 2.00 bits per heavy atom. The number of hydrogen-bond donors (Lipinski definition) is 2. The first-order valence-electron chi connectivity index (χ1n) is 3.36. The van der Waals surface area contributed by atoms with Gasteiger partial charge < -0.3 is 10.2 Å². The monoisotopic (exact) mass is 248 g/mol. The molecule has 0 aromatic heterocycles. The lowest BCUT2D eigenvalue weighted by atomic mass is 10.1. The summed E-state index contributed by atoms with van der Waals surface area (Å²) in [4.78, 5) is 10.9. The summed E-state index contributed by atoms with van der Waals surface area (Å²) in [6.07, 6.45) is 0. The number of phenolic OH excluding ortho intramolecular Hbond substituents is 2. The molecule has 0 aliphatic heterocycles. The van der Waals surface area contributed by atoms with E-state index in [1.54, 1.807) is 0 Å². The van der Waals surface area contributed by atoms with Gasteiger partial charge in [-0.15, -0.1) is 0 Å². The van der Waals surface area contributed by atoms with Crippen LogP contribution in [0.4, 0.5) is 4.39 Å². The van der Waals surface area contributed by atoms with Crippen molar-refractivity contribution in [3.05, 3.63) is 21.9 Å². The van der Waals surface area contributed by atoms with Crippen LogP contribution in [0.15, 0.2) is 10.5 Å². The van der Waals surface area contributed by atoms with Gasteiger partial charge in [0.2, 0.25) is 0 Å². The molecule has 0 spiro atoms. The number of Topliss-reactive ketones (excluding diaryl/α,β-unsaturated/α-hetero) is 1. The first kappa shape index (κ1) is 9.98. The largest absolute Gasteiger partial charge is 0.506 e. The zero-order valence-electron chi connectivity index (χ0n) is 6.64. The lowest BCUT2D eigenvalue weighted by molar-refractivity contribution is 0.101. The zero-order valence-corrected chi connectivity index (χ0v) is 8.22. The molecule has 3 nitrogen and oxygen atoms in total. The fourth-order valence-electron chi connectivity index (χ4n) is 0.867. The first-order chi connectivity index (χ1) is 5.95. The third-order valence-electron chi connectivity index (χ3n) is 1.55. The van der Waals surface area contributed by atoms with E-state index in [1.165, 1.54) is 6.92 Å². The molecule has 0 unspecified atom stereocenters. The molecule has 1 aromatic rings. The molecule has 13 heavy (non-hydrogen) atoms. The van der Waals surface area contributed by atoms with Crippen LogP contribution in [0.5, 0.6) is 11.5 Å². The summed E-state index contributed by atoms with van der Waals surface area (Å²) in [5.41, 5.74) is -0.165. The standard InChI is InChI=1S/C8H6BrFO3/c1-3(11)4-2-5(10)8(13)6(9)7(4)12/h2,12-13H,1H3. The molecule has 0 amide bonds. The van der Waals surface area contributed by atoms with Gasteiger partial charge in [-0.25, -0.2) is 4.39 Å². The summed E-state index contributed by atoms with van der Waals surface area (Å²) in [5.74, 6) is -2.58. The summed E-state index contributed by atoms with van der Waals surface area (Å²) in [6, 6.07) is 0.789. The number of carbonyl (C=O) groups is 1. The SMILES string of the molecule is CC(=O)c1cc(F)c(O)c(Br)c1O. The summed E-state index contributed by atoms with van der Waals surface area (Å²) >= 11 is 2.76. The smallest absolute Gasteiger partial charge is 0.169 e. The molecule has 0 bridgehead atoms. The predicted octanol–water partition coefficient (Wildman–Crippen LogP) is 2.20. The highest BCUT2D eigenvalue weighted by atomic mass is 79.9. The Balaban J connectivity index is 3.50. The number of ketones is 1. The van der Waals surface area contributed by atoms with Gasteiger partial charge in [-0.2, -0.15) is 0 Å². The Hall–Kier alpha value is -1.10. The maximum absolute atomic E-state index is 12.8. The van der Waals surface area contributed by atoms with Crippen LogP contribution >= 0.6 is 15.9 Å². The van der Waals surface area contributed by atoms with Crippen molar-refractivity contribution < 1.29 is 19.4 Å². The first-order valence-corrected chi connectivity index (χ1v) is 4.15. The highest BCUT2D eigenvalue weighted by Crippen LogP contribution is 2.37. The number of benzene rings is 1. The Kier molecular flexibility index (Phi) is 2.56. The molecule has 0 saturated heterocycles. The van der Waals surface area contributed by atoms with Crippen LogP contribution < -0.4 is 0 Å². The van der Waals surface area contributed by atoms with Crippen molar-refractivity contribution in [3.63, 3.8) is 0 Å². The van der Waals surface area contributed by atoms with Gasteiger partial charge in [0, 0.05) is 0 Å². The van der Waals surface area contributed by atoms with E-state index in [0.717, 1.165) is 6.07 Å². The number of phenols is 2. The second kappa shape index (κ2) is 3.33. The van der Waals surface area contributed by atoms with Gasteiger partial charge in [0.1, 0.15) is 10.2 Å². The Morgan fingerprint density at radius 3 is 2.46 bits per heavy atom. The van der Waals surface area contributed by atoms with E-state index >= 15 is 0 Å². The van der Waals surface area contributed by atoms with Gasteiger partial charge in [0.15, 0.2) is 17.3 Å². The van der Waals surface area contributed by atoms with E-state index in [1.807, 2.05) is 0 Å². The van der Waals surface area contributed by atoms with Crippen molar-refractivity contribution in [2.75, 3.05) is 0 Å². The molecule has 0 atom stereocenters. The normalized spacial score (nSPS) is 10.1. The van der Waals surface area contributed by atoms with Crippen LogP contribution in [0.1, 0.15) is 17.3 Å². The molecule has 0 saturated carbocycles. The summed E-state index contributed by atoms with van der Waals surface area (Å²) in [5, 5.41) is 18.3. The van der Waals surface area contributed by atoms with Crippen molar-refractivity contribution in [2.45, 2.75) is 6.92 Å². The molecule has 1 rings (SSSR count). The van der Waals surface area contributed by atoms with Gasteiger partial charge >= 0.3 is 0 Å². The topological polar surface area (TPSA) is 57.5 Å². The minimum atomic E-state index is -0.949. The van der Waals surface area contributed by atoms with Crippen molar-refractivity contribution in [1.29, 1.82) is 0 Å². The second-order valence-corrected chi connectivity index (χ2v) is 3.27. The predicted molar refractivity (Wildman–Crippen MR) is 47.4 cm³/mol. The molecule has 1 aromatic carbocycles. The fraction of sp³-hybridized carbons (Fsp3) is 0.125. The maximum atomic E-state index is 12.8. The molecular weight excluding hydrogens is 243 g/mol. The average molecular weight is 249 g/mol. The molecular formula is C8H6BrFO3. The minimum absolute atomic E-state index is 0.165. The lowest BCUT2D eigenvalue weighted by Crippen LogP contribution is -1.95. The summed E-state index contributed by atoms with van der Waals surface area (Å²) < 4.78 is 12.6.